The van der Waals surface area contributed by atoms with Crippen LogP contribution in [0.15, 0.2) is 77.2 Å². The van der Waals surface area contributed by atoms with Crippen molar-refractivity contribution < 1.29 is 23.5 Å². The van der Waals surface area contributed by atoms with E-state index >= 15 is 0 Å². The molecule has 32 heavy (non-hydrogen) atoms. The predicted molar refractivity (Wildman–Crippen MR) is 120 cm³/mol. The molecule has 0 aliphatic carbocycles. The van der Waals surface area contributed by atoms with Crippen molar-refractivity contribution in [1.82, 2.24) is 5.32 Å². The number of methoxy groups -OCH3 is 1. The second-order valence-corrected chi connectivity index (χ2v) is 7.24. The minimum Gasteiger partial charge on any atom is -0.493 e. The average Bonchev–Trinajstić information content (AvgIpc) is 3.24. The maximum absolute atomic E-state index is 12.7. The third-order valence-electron chi connectivity index (χ3n) is 5.01. The molecule has 0 aliphatic rings. The molecule has 3 aromatic carbocycles. The van der Waals surface area contributed by atoms with E-state index in [-0.39, 0.29) is 11.9 Å². The molecular formula is C25H22N2O5. The zero-order valence-corrected chi connectivity index (χ0v) is 17.6. The number of carbonyl (C=O) groups excluding carboxylic acids is 2. The zero-order chi connectivity index (χ0) is 22.7. The van der Waals surface area contributed by atoms with Crippen LogP contribution >= 0.6 is 0 Å². The second-order valence-electron chi connectivity index (χ2n) is 7.24. The Morgan fingerprint density at radius 1 is 0.938 bits per heavy atom. The first-order valence-electron chi connectivity index (χ1n) is 9.99. The van der Waals surface area contributed by atoms with Crippen LogP contribution in [0.1, 0.15) is 39.4 Å². The summed E-state index contributed by atoms with van der Waals surface area (Å²) in [5.74, 6) is 1.67. The molecule has 0 saturated heterocycles. The Labute approximate surface area is 184 Å². The van der Waals surface area contributed by atoms with Gasteiger partial charge in [0.05, 0.1) is 13.2 Å². The van der Waals surface area contributed by atoms with Crippen molar-refractivity contribution in [2.24, 2.45) is 5.73 Å². The van der Waals surface area contributed by atoms with Gasteiger partial charge in [-0.25, -0.2) is 0 Å². The van der Waals surface area contributed by atoms with E-state index in [1.54, 1.807) is 55.6 Å². The molecule has 1 aromatic heterocycles. The first-order valence-corrected chi connectivity index (χ1v) is 9.99. The molecule has 162 valence electrons. The van der Waals surface area contributed by atoms with E-state index in [9.17, 15) is 9.59 Å². The van der Waals surface area contributed by atoms with Crippen LogP contribution in [0.5, 0.6) is 17.2 Å². The number of para-hydroxylation sites is 1. The monoisotopic (exact) mass is 430 g/mol. The van der Waals surface area contributed by atoms with Gasteiger partial charge in [0.2, 0.25) is 5.91 Å². The summed E-state index contributed by atoms with van der Waals surface area (Å²) in [6.07, 6.45) is 0. The number of carbonyl (C=O) groups is 2. The number of hydrogen-bond acceptors (Lipinski definition) is 5. The molecule has 1 unspecified atom stereocenters. The lowest BCUT2D eigenvalue weighted by Crippen LogP contribution is -2.26. The molecule has 7 nitrogen and oxygen atoms in total. The second kappa shape index (κ2) is 8.85. The van der Waals surface area contributed by atoms with Crippen LogP contribution in [0, 0.1) is 0 Å². The first kappa shape index (κ1) is 21.0. The van der Waals surface area contributed by atoms with Crippen molar-refractivity contribution in [2.75, 3.05) is 7.11 Å². The summed E-state index contributed by atoms with van der Waals surface area (Å²) in [5.41, 5.74) is 6.78. The molecule has 7 heteroatoms. The Hall–Kier alpha value is -4.26. The number of hydrogen-bond donors (Lipinski definition) is 2. The Morgan fingerprint density at radius 2 is 1.56 bits per heavy atom. The van der Waals surface area contributed by atoms with Gasteiger partial charge in [-0.3, -0.25) is 9.59 Å². The molecule has 0 aliphatic heterocycles. The van der Waals surface area contributed by atoms with Gasteiger partial charge in [0.25, 0.3) is 5.91 Å². The Morgan fingerprint density at radius 3 is 2.16 bits per heavy atom. The van der Waals surface area contributed by atoms with Crippen LogP contribution in [0.3, 0.4) is 0 Å². The van der Waals surface area contributed by atoms with Gasteiger partial charge >= 0.3 is 0 Å². The lowest BCUT2D eigenvalue weighted by Gasteiger charge is -2.12. The van der Waals surface area contributed by atoms with Crippen LogP contribution in [-0.4, -0.2) is 18.9 Å². The molecule has 0 saturated carbocycles. The molecule has 1 heterocycles. The van der Waals surface area contributed by atoms with Crippen LogP contribution in [-0.2, 0) is 0 Å². The number of fused-ring (bicyclic) bond motifs is 1. The quantitative estimate of drug-likeness (QED) is 0.437. The van der Waals surface area contributed by atoms with Crippen LogP contribution < -0.4 is 20.5 Å². The van der Waals surface area contributed by atoms with Crippen molar-refractivity contribution >= 4 is 22.8 Å². The van der Waals surface area contributed by atoms with Gasteiger partial charge in [-0.15, -0.1) is 0 Å². The highest BCUT2D eigenvalue weighted by Gasteiger charge is 2.17. The van der Waals surface area contributed by atoms with E-state index in [1.807, 2.05) is 31.2 Å². The first-order chi connectivity index (χ1) is 15.4. The Balaban J connectivity index is 1.41. The Bertz CT molecular complexity index is 1260. The summed E-state index contributed by atoms with van der Waals surface area (Å²) < 4.78 is 17.0. The molecule has 0 radical (unpaired) electrons. The topological polar surface area (TPSA) is 104 Å². The number of primary amides is 1. The van der Waals surface area contributed by atoms with Crippen molar-refractivity contribution in [3.05, 3.63) is 89.7 Å². The smallest absolute Gasteiger partial charge is 0.251 e. The van der Waals surface area contributed by atoms with E-state index in [0.717, 1.165) is 5.39 Å². The van der Waals surface area contributed by atoms with E-state index in [4.69, 9.17) is 19.6 Å². The minimum absolute atomic E-state index is 0.234. The number of nitrogens with two attached hydrogens (primary N) is 1. The van der Waals surface area contributed by atoms with E-state index < -0.39 is 5.91 Å². The predicted octanol–water partition coefficient (Wildman–Crippen LogP) is 4.82. The van der Waals surface area contributed by atoms with Crippen LogP contribution in [0.25, 0.3) is 11.0 Å². The molecular weight excluding hydrogens is 408 g/mol. The maximum Gasteiger partial charge on any atom is 0.251 e. The summed E-state index contributed by atoms with van der Waals surface area (Å²) in [6, 6.07) is 20.5. The summed E-state index contributed by atoms with van der Waals surface area (Å²) in [5, 5.41) is 3.85. The zero-order valence-electron chi connectivity index (χ0n) is 17.6. The summed E-state index contributed by atoms with van der Waals surface area (Å²) in [6.45, 7) is 1.86. The van der Waals surface area contributed by atoms with Gasteiger partial charge in [0.15, 0.2) is 11.3 Å². The fourth-order valence-corrected chi connectivity index (χ4v) is 3.28. The standard InChI is InChI=1S/C25H22N2O5/c1-15(22-14-18-4-3-5-21(30-2)23(18)32-22)27-25(29)17-8-12-20(13-9-17)31-19-10-6-16(7-11-19)24(26)28/h3-15H,1-2H3,(H2,26,28)(H,27,29). The highest BCUT2D eigenvalue weighted by Crippen LogP contribution is 2.31. The van der Waals surface area contributed by atoms with E-state index in [2.05, 4.69) is 5.32 Å². The van der Waals surface area contributed by atoms with E-state index in [0.29, 0.717) is 39.7 Å². The van der Waals surface area contributed by atoms with Crippen molar-refractivity contribution in [1.29, 1.82) is 0 Å². The lowest BCUT2D eigenvalue weighted by molar-refractivity contribution is 0.0934. The van der Waals surface area contributed by atoms with Crippen molar-refractivity contribution in [2.45, 2.75) is 13.0 Å². The molecule has 0 fully saturated rings. The minimum atomic E-state index is -0.497. The molecule has 0 bridgehead atoms. The van der Waals surface area contributed by atoms with E-state index in [1.165, 1.54) is 0 Å². The maximum atomic E-state index is 12.7. The SMILES string of the molecule is COc1cccc2cc(C(C)NC(=O)c3ccc(Oc4ccc(C(N)=O)cc4)cc3)oc12. The van der Waals surface area contributed by atoms with Gasteiger partial charge in [-0.05, 0) is 67.6 Å². The largest absolute Gasteiger partial charge is 0.493 e. The molecule has 4 aromatic rings. The average molecular weight is 430 g/mol. The van der Waals surface area contributed by atoms with Crippen molar-refractivity contribution in [3.63, 3.8) is 0 Å². The lowest BCUT2D eigenvalue weighted by atomic mass is 10.1. The van der Waals surface area contributed by atoms with Crippen LogP contribution in [0.4, 0.5) is 0 Å². The Kier molecular flexibility index (Phi) is 5.81. The highest BCUT2D eigenvalue weighted by molar-refractivity contribution is 5.94. The fourth-order valence-electron chi connectivity index (χ4n) is 3.28. The number of amides is 2. The fraction of sp³-hybridized carbons (Fsp3) is 0.120. The summed E-state index contributed by atoms with van der Waals surface area (Å²) in [4.78, 5) is 23.8. The summed E-state index contributed by atoms with van der Waals surface area (Å²) in [7, 11) is 1.59. The van der Waals surface area contributed by atoms with Gasteiger partial charge in [0, 0.05) is 16.5 Å². The molecule has 3 N–H and O–H groups in total. The van der Waals surface area contributed by atoms with Crippen molar-refractivity contribution in [3.8, 4) is 17.2 Å². The van der Waals surface area contributed by atoms with Gasteiger partial charge in [-0.1, -0.05) is 12.1 Å². The molecule has 1 atom stereocenters. The number of benzene rings is 3. The van der Waals surface area contributed by atoms with Gasteiger partial charge in [-0.2, -0.15) is 0 Å². The third-order valence-corrected chi connectivity index (χ3v) is 5.01. The number of rotatable bonds is 7. The summed E-state index contributed by atoms with van der Waals surface area (Å²) >= 11 is 0. The van der Waals surface area contributed by atoms with Crippen LogP contribution in [0.2, 0.25) is 0 Å². The molecule has 2 amide bonds. The molecule has 0 spiro atoms. The third kappa shape index (κ3) is 4.41. The molecule has 4 rings (SSSR count). The normalized spacial score (nSPS) is 11.7. The number of ether oxygens (including phenoxy) is 2. The number of nitrogens with one attached hydrogen (secondary N) is 1. The number of furan rings is 1. The highest BCUT2D eigenvalue weighted by atomic mass is 16.5. The van der Waals surface area contributed by atoms with Gasteiger partial charge in [0.1, 0.15) is 17.3 Å². The van der Waals surface area contributed by atoms with Gasteiger partial charge < -0.3 is 24.9 Å².